The summed E-state index contributed by atoms with van der Waals surface area (Å²) in [4.78, 5) is 20.3. The van der Waals surface area contributed by atoms with Crippen LogP contribution in [0, 0.1) is 11.3 Å². The van der Waals surface area contributed by atoms with E-state index in [-0.39, 0.29) is 18.4 Å². The van der Waals surface area contributed by atoms with Crippen molar-refractivity contribution in [3.8, 4) is 17.6 Å². The van der Waals surface area contributed by atoms with E-state index in [4.69, 9.17) is 14.2 Å². The molecule has 31 heavy (non-hydrogen) atoms. The minimum atomic E-state index is -0.492. The maximum absolute atomic E-state index is 12.6. The van der Waals surface area contributed by atoms with Crippen molar-refractivity contribution in [3.05, 3.63) is 65.5 Å². The Kier molecular flexibility index (Phi) is 5.56. The number of carbonyl (C=O) groups is 1. The van der Waals surface area contributed by atoms with Crippen LogP contribution in [0.15, 0.2) is 48.7 Å². The van der Waals surface area contributed by atoms with E-state index in [1.54, 1.807) is 45.4 Å². The van der Waals surface area contributed by atoms with Gasteiger partial charge >= 0.3 is 5.97 Å². The second-order valence-electron chi connectivity index (χ2n) is 7.30. The Balaban J connectivity index is 1.86. The molecule has 4 rings (SSSR count). The fourth-order valence-electron chi connectivity index (χ4n) is 3.51. The SMILES string of the molecule is COCc1c(C(=O)OC(C)C)ncc2[nH]c3ccc(Oc4ccccc4C#N)cc3c12. The first kappa shape index (κ1) is 20.4. The number of rotatable bonds is 6. The summed E-state index contributed by atoms with van der Waals surface area (Å²) in [7, 11) is 1.57. The molecular weight excluding hydrogens is 394 g/mol. The zero-order valence-corrected chi connectivity index (χ0v) is 17.4. The lowest BCUT2D eigenvalue weighted by atomic mass is 10.1. The monoisotopic (exact) mass is 415 g/mol. The van der Waals surface area contributed by atoms with Crippen molar-refractivity contribution in [2.24, 2.45) is 0 Å². The number of hydrogen-bond acceptors (Lipinski definition) is 6. The van der Waals surface area contributed by atoms with Gasteiger partial charge in [-0.1, -0.05) is 12.1 Å². The largest absolute Gasteiger partial charge is 0.458 e. The zero-order chi connectivity index (χ0) is 22.0. The number of nitriles is 1. The summed E-state index contributed by atoms with van der Waals surface area (Å²) in [6.07, 6.45) is 1.36. The summed E-state index contributed by atoms with van der Waals surface area (Å²) in [6, 6.07) is 14.8. The van der Waals surface area contributed by atoms with Crippen LogP contribution in [0.2, 0.25) is 0 Å². The minimum Gasteiger partial charge on any atom is -0.458 e. The highest BCUT2D eigenvalue weighted by Crippen LogP contribution is 2.34. The summed E-state index contributed by atoms with van der Waals surface area (Å²) >= 11 is 0. The van der Waals surface area contributed by atoms with Crippen LogP contribution >= 0.6 is 0 Å². The smallest absolute Gasteiger partial charge is 0.357 e. The molecule has 2 aromatic heterocycles. The Hall–Kier alpha value is -3.89. The standard InChI is InChI=1S/C24H21N3O4/c1-14(2)30-24(28)23-18(13-29-3)22-17-10-16(8-9-19(17)27-20(22)12-26-23)31-21-7-5-4-6-15(21)11-25/h4-10,12,14,27H,13H2,1-3H3. The second-order valence-corrected chi connectivity index (χ2v) is 7.30. The maximum atomic E-state index is 12.6. The number of nitrogens with zero attached hydrogens (tertiary/aromatic N) is 2. The predicted octanol–water partition coefficient (Wildman–Crippen LogP) is 5.09. The van der Waals surface area contributed by atoms with Crippen molar-refractivity contribution < 1.29 is 19.0 Å². The second kappa shape index (κ2) is 8.46. The van der Waals surface area contributed by atoms with Crippen LogP contribution in [0.4, 0.5) is 0 Å². The summed E-state index contributed by atoms with van der Waals surface area (Å²) < 4.78 is 16.7. The lowest BCUT2D eigenvalue weighted by Crippen LogP contribution is -2.15. The van der Waals surface area contributed by atoms with Crippen molar-refractivity contribution >= 4 is 27.8 Å². The van der Waals surface area contributed by atoms with Crippen molar-refractivity contribution in [2.75, 3.05) is 7.11 Å². The Morgan fingerprint density at radius 3 is 2.74 bits per heavy atom. The van der Waals surface area contributed by atoms with E-state index in [2.05, 4.69) is 16.0 Å². The number of para-hydroxylation sites is 1. The molecule has 156 valence electrons. The van der Waals surface area contributed by atoms with Gasteiger partial charge in [-0.2, -0.15) is 5.26 Å². The number of aromatic amines is 1. The van der Waals surface area contributed by atoms with Crippen molar-refractivity contribution in [1.82, 2.24) is 9.97 Å². The Morgan fingerprint density at radius 2 is 2.00 bits per heavy atom. The number of ether oxygens (including phenoxy) is 3. The first-order valence-electron chi connectivity index (χ1n) is 9.82. The van der Waals surface area contributed by atoms with Gasteiger partial charge in [0.2, 0.25) is 0 Å². The number of pyridine rings is 1. The van der Waals surface area contributed by atoms with E-state index >= 15 is 0 Å². The minimum absolute atomic E-state index is 0.197. The molecule has 0 fully saturated rings. The third kappa shape index (κ3) is 3.93. The molecule has 0 radical (unpaired) electrons. The van der Waals surface area contributed by atoms with Gasteiger partial charge in [-0.05, 0) is 44.2 Å². The quantitative estimate of drug-likeness (QED) is 0.441. The van der Waals surface area contributed by atoms with Crippen LogP contribution in [0.3, 0.4) is 0 Å². The molecule has 1 N–H and O–H groups in total. The van der Waals surface area contributed by atoms with Gasteiger partial charge < -0.3 is 19.2 Å². The number of carbonyl (C=O) groups excluding carboxylic acids is 1. The Morgan fingerprint density at radius 1 is 1.19 bits per heavy atom. The van der Waals surface area contributed by atoms with E-state index in [9.17, 15) is 10.1 Å². The van der Waals surface area contributed by atoms with E-state index in [0.29, 0.717) is 22.6 Å². The summed E-state index contributed by atoms with van der Waals surface area (Å²) in [6.45, 7) is 3.78. The molecule has 0 amide bonds. The average molecular weight is 415 g/mol. The van der Waals surface area contributed by atoms with Gasteiger partial charge in [-0.3, -0.25) is 0 Å². The molecule has 0 aliphatic rings. The van der Waals surface area contributed by atoms with Gasteiger partial charge in [0.15, 0.2) is 5.69 Å². The molecule has 7 nitrogen and oxygen atoms in total. The first-order valence-corrected chi connectivity index (χ1v) is 9.82. The molecule has 0 saturated heterocycles. The third-order valence-corrected chi connectivity index (χ3v) is 4.77. The molecular formula is C24H21N3O4. The van der Waals surface area contributed by atoms with Crippen LogP contribution in [0.5, 0.6) is 11.5 Å². The molecule has 7 heteroatoms. The summed E-state index contributed by atoms with van der Waals surface area (Å²) in [5.41, 5.74) is 2.96. The van der Waals surface area contributed by atoms with Gasteiger partial charge in [0.05, 0.1) is 30.0 Å². The van der Waals surface area contributed by atoms with Gasteiger partial charge in [0.1, 0.15) is 17.6 Å². The van der Waals surface area contributed by atoms with Crippen molar-refractivity contribution in [2.45, 2.75) is 26.6 Å². The molecule has 0 spiro atoms. The van der Waals surface area contributed by atoms with E-state index in [1.165, 1.54) is 0 Å². The number of benzene rings is 2. The van der Waals surface area contributed by atoms with Crippen molar-refractivity contribution in [1.29, 1.82) is 5.26 Å². The molecule has 0 atom stereocenters. The van der Waals surface area contributed by atoms with Crippen LogP contribution in [0.1, 0.15) is 35.5 Å². The van der Waals surface area contributed by atoms with Crippen LogP contribution in [-0.2, 0) is 16.1 Å². The lowest BCUT2D eigenvalue weighted by molar-refractivity contribution is 0.0366. The normalized spacial score (nSPS) is 11.1. The predicted molar refractivity (Wildman–Crippen MR) is 116 cm³/mol. The lowest BCUT2D eigenvalue weighted by Gasteiger charge is -2.12. The highest BCUT2D eigenvalue weighted by atomic mass is 16.5. The van der Waals surface area contributed by atoms with Gasteiger partial charge in [0.25, 0.3) is 0 Å². The molecule has 2 heterocycles. The highest BCUT2D eigenvalue weighted by Gasteiger charge is 2.21. The number of methoxy groups -OCH3 is 1. The number of hydrogen-bond donors (Lipinski definition) is 1. The highest BCUT2D eigenvalue weighted by molar-refractivity contribution is 6.11. The van der Waals surface area contributed by atoms with E-state index < -0.39 is 5.97 Å². The maximum Gasteiger partial charge on any atom is 0.357 e. The Labute approximate surface area is 179 Å². The molecule has 4 aromatic rings. The van der Waals surface area contributed by atoms with Gasteiger partial charge in [-0.15, -0.1) is 0 Å². The summed E-state index contributed by atoms with van der Waals surface area (Å²) in [5.74, 6) is 0.556. The van der Waals surface area contributed by atoms with Crippen LogP contribution in [-0.4, -0.2) is 29.2 Å². The number of aromatic nitrogens is 2. The van der Waals surface area contributed by atoms with E-state index in [0.717, 1.165) is 21.8 Å². The molecule has 0 unspecified atom stereocenters. The van der Waals surface area contributed by atoms with Crippen LogP contribution < -0.4 is 4.74 Å². The van der Waals surface area contributed by atoms with Crippen LogP contribution in [0.25, 0.3) is 21.8 Å². The number of fused-ring (bicyclic) bond motifs is 3. The molecule has 0 aliphatic carbocycles. The van der Waals surface area contributed by atoms with E-state index in [1.807, 2.05) is 24.3 Å². The number of esters is 1. The fraction of sp³-hybridized carbons (Fsp3) is 0.208. The summed E-state index contributed by atoms with van der Waals surface area (Å²) in [5, 5.41) is 11.0. The molecule has 0 aliphatic heterocycles. The third-order valence-electron chi connectivity index (χ3n) is 4.77. The topological polar surface area (TPSA) is 97.2 Å². The molecule has 2 aromatic carbocycles. The Bertz CT molecular complexity index is 1320. The number of nitrogens with one attached hydrogen (secondary N) is 1. The molecule has 0 bridgehead atoms. The number of H-pyrrole nitrogens is 1. The fourth-order valence-corrected chi connectivity index (χ4v) is 3.51. The van der Waals surface area contributed by atoms with Gasteiger partial charge in [-0.25, -0.2) is 9.78 Å². The van der Waals surface area contributed by atoms with Crippen molar-refractivity contribution in [3.63, 3.8) is 0 Å². The zero-order valence-electron chi connectivity index (χ0n) is 17.4. The molecule has 0 saturated carbocycles. The van der Waals surface area contributed by atoms with Gasteiger partial charge in [0, 0.05) is 29.0 Å². The first-order chi connectivity index (χ1) is 15.0. The average Bonchev–Trinajstić information content (AvgIpc) is 3.12.